The third kappa shape index (κ3) is 10.5. The molecule has 0 spiro atoms. The number of phenolic OH excluding ortho intramolecular Hbond substituents is 1. The molecule has 254 valence electrons. The van der Waals surface area contributed by atoms with Crippen LogP contribution in [0.1, 0.15) is 44.7 Å². The molecule has 0 bridgehead atoms. The van der Waals surface area contributed by atoms with Crippen molar-refractivity contribution in [1.29, 1.82) is 0 Å². The average molecular weight is 652 g/mol. The van der Waals surface area contributed by atoms with Crippen molar-refractivity contribution in [3.63, 3.8) is 0 Å². The normalized spacial score (nSPS) is 16.8. The fourth-order valence-corrected chi connectivity index (χ4v) is 5.41. The maximum absolute atomic E-state index is 13.9. The van der Waals surface area contributed by atoms with E-state index in [0.717, 1.165) is 5.56 Å². The first-order valence-corrected chi connectivity index (χ1v) is 15.6. The van der Waals surface area contributed by atoms with E-state index >= 15 is 0 Å². The molecular weight excluding hydrogens is 606 g/mol. The van der Waals surface area contributed by atoms with E-state index in [9.17, 15) is 33.9 Å². The van der Waals surface area contributed by atoms with Crippen LogP contribution in [0.5, 0.6) is 5.75 Å². The summed E-state index contributed by atoms with van der Waals surface area (Å²) < 4.78 is 0. The molecule has 2 aromatic rings. The number of carbonyl (C=O) groups excluding carboxylic acids is 6. The molecule has 1 fully saturated rings. The minimum atomic E-state index is -1.19. The van der Waals surface area contributed by atoms with Crippen LogP contribution in [0.2, 0.25) is 0 Å². The number of primary amides is 1. The van der Waals surface area contributed by atoms with Crippen molar-refractivity contribution in [2.45, 2.75) is 76.7 Å². The van der Waals surface area contributed by atoms with Crippen LogP contribution in [0.3, 0.4) is 0 Å². The Labute approximate surface area is 274 Å². The van der Waals surface area contributed by atoms with E-state index in [1.165, 1.54) is 24.0 Å². The number of phenols is 1. The zero-order valence-corrected chi connectivity index (χ0v) is 26.9. The molecule has 5 atom stereocenters. The number of benzene rings is 2. The summed E-state index contributed by atoms with van der Waals surface area (Å²) in [5, 5.41) is 20.4. The minimum Gasteiger partial charge on any atom is -0.508 e. The number of carbonyl (C=O) groups is 6. The van der Waals surface area contributed by atoms with Gasteiger partial charge >= 0.3 is 0 Å². The van der Waals surface area contributed by atoms with Crippen LogP contribution in [0.15, 0.2) is 54.6 Å². The number of nitrogens with two attached hydrogens (primary N) is 2. The lowest BCUT2D eigenvalue weighted by Crippen LogP contribution is -2.59. The molecule has 2 aromatic carbocycles. The van der Waals surface area contributed by atoms with E-state index < -0.39 is 65.7 Å². The zero-order valence-electron chi connectivity index (χ0n) is 26.9. The number of nitrogens with zero attached hydrogens (tertiary/aromatic N) is 1. The van der Waals surface area contributed by atoms with Crippen LogP contribution >= 0.6 is 0 Å². The molecule has 3 rings (SSSR count). The van der Waals surface area contributed by atoms with Crippen molar-refractivity contribution in [2.24, 2.45) is 17.4 Å². The SMILES string of the molecule is CC(C)[C@H](NC(=O)[C@H](Cc1ccccc1)NC(=O)[C@H](Cc1ccc(O)cc1)NC(=O)[C@@H]1CCCN1C(=O)[C@H](C)NC(=O)CN)C(N)=O. The molecule has 1 aliphatic heterocycles. The summed E-state index contributed by atoms with van der Waals surface area (Å²) in [4.78, 5) is 79.4. The lowest BCUT2D eigenvalue weighted by molar-refractivity contribution is -0.141. The Morgan fingerprint density at radius 1 is 0.830 bits per heavy atom. The van der Waals surface area contributed by atoms with Gasteiger partial charge in [0.25, 0.3) is 0 Å². The highest BCUT2D eigenvalue weighted by molar-refractivity contribution is 5.96. The highest BCUT2D eigenvalue weighted by Crippen LogP contribution is 2.20. The fourth-order valence-electron chi connectivity index (χ4n) is 5.41. The Balaban J connectivity index is 1.86. The first-order valence-electron chi connectivity index (χ1n) is 15.6. The van der Waals surface area contributed by atoms with E-state index in [0.29, 0.717) is 18.4 Å². The Morgan fingerprint density at radius 2 is 1.40 bits per heavy atom. The van der Waals surface area contributed by atoms with Crippen molar-refractivity contribution < 1.29 is 33.9 Å². The van der Waals surface area contributed by atoms with Gasteiger partial charge in [0.2, 0.25) is 35.4 Å². The lowest BCUT2D eigenvalue weighted by atomic mass is 10.00. The summed E-state index contributed by atoms with van der Waals surface area (Å²) in [6.07, 6.45) is 0.952. The quantitative estimate of drug-likeness (QED) is 0.129. The molecule has 47 heavy (non-hydrogen) atoms. The first kappa shape index (κ1) is 36.5. The van der Waals surface area contributed by atoms with Crippen LogP contribution in [-0.2, 0) is 41.6 Å². The lowest BCUT2D eigenvalue weighted by Gasteiger charge is -2.29. The number of amides is 6. The molecule has 0 unspecified atom stereocenters. The van der Waals surface area contributed by atoms with Crippen molar-refractivity contribution in [3.05, 3.63) is 65.7 Å². The second kappa shape index (κ2) is 17.1. The smallest absolute Gasteiger partial charge is 0.245 e. The number of aromatic hydroxyl groups is 1. The van der Waals surface area contributed by atoms with Crippen LogP contribution in [0.4, 0.5) is 0 Å². The Hall–Kier alpha value is -4.98. The highest BCUT2D eigenvalue weighted by Gasteiger charge is 2.38. The molecule has 6 amide bonds. The van der Waals surface area contributed by atoms with Gasteiger partial charge in [0, 0.05) is 19.4 Å². The van der Waals surface area contributed by atoms with Crippen molar-refractivity contribution >= 4 is 35.4 Å². The molecule has 14 nitrogen and oxygen atoms in total. The van der Waals surface area contributed by atoms with Crippen molar-refractivity contribution in [1.82, 2.24) is 26.2 Å². The summed E-state index contributed by atoms with van der Waals surface area (Å²) in [5.74, 6) is -3.87. The number of nitrogens with one attached hydrogen (secondary N) is 4. The van der Waals surface area contributed by atoms with Gasteiger partial charge in [-0.2, -0.15) is 0 Å². The second-order valence-corrected chi connectivity index (χ2v) is 12.0. The topological polar surface area (TPSA) is 226 Å². The van der Waals surface area contributed by atoms with E-state index in [4.69, 9.17) is 11.5 Å². The maximum atomic E-state index is 13.9. The minimum absolute atomic E-state index is 0.00292. The van der Waals surface area contributed by atoms with Crippen LogP contribution in [-0.4, -0.2) is 88.7 Å². The highest BCUT2D eigenvalue weighted by atomic mass is 16.3. The number of likely N-dealkylation sites (tertiary alicyclic amines) is 1. The molecule has 14 heteroatoms. The summed E-state index contributed by atoms with van der Waals surface area (Å²) in [5.41, 5.74) is 12.2. The van der Waals surface area contributed by atoms with E-state index in [1.54, 1.807) is 50.2 Å². The maximum Gasteiger partial charge on any atom is 0.245 e. The number of rotatable bonds is 15. The van der Waals surface area contributed by atoms with Gasteiger partial charge in [-0.15, -0.1) is 0 Å². The molecule has 0 saturated carbocycles. The van der Waals surface area contributed by atoms with Gasteiger partial charge in [-0.25, -0.2) is 0 Å². The largest absolute Gasteiger partial charge is 0.508 e. The molecule has 0 aromatic heterocycles. The van der Waals surface area contributed by atoms with E-state index in [2.05, 4.69) is 21.3 Å². The summed E-state index contributed by atoms with van der Waals surface area (Å²) >= 11 is 0. The first-order chi connectivity index (χ1) is 22.3. The third-order valence-electron chi connectivity index (χ3n) is 7.97. The molecular formula is C33H45N7O7. The number of hydrogen-bond donors (Lipinski definition) is 7. The average Bonchev–Trinajstić information content (AvgIpc) is 3.53. The standard InChI is InChI=1S/C33H45N7O7/c1-19(2)28(29(35)43)39-31(45)25(16-21-8-5-4-6-9-21)37-30(44)24(17-22-11-13-23(41)14-12-22)38-32(46)26-10-7-15-40(26)33(47)20(3)36-27(42)18-34/h4-6,8-9,11-14,19-20,24-26,28,41H,7,10,15-18,34H2,1-3H3,(H2,35,43)(H,36,42)(H,37,44)(H,38,46)(H,39,45)/t20-,24-,25-,26-,28-/m0/s1. The summed E-state index contributed by atoms with van der Waals surface area (Å²) in [6.45, 7) is 4.95. The molecule has 0 radical (unpaired) electrons. The van der Waals surface area contributed by atoms with Crippen LogP contribution < -0.4 is 32.7 Å². The van der Waals surface area contributed by atoms with Crippen molar-refractivity contribution in [2.75, 3.05) is 13.1 Å². The van der Waals surface area contributed by atoms with E-state index in [1.807, 2.05) is 6.07 Å². The molecule has 0 aliphatic carbocycles. The van der Waals surface area contributed by atoms with Gasteiger partial charge in [-0.3, -0.25) is 28.8 Å². The van der Waals surface area contributed by atoms with Gasteiger partial charge in [-0.1, -0.05) is 56.3 Å². The van der Waals surface area contributed by atoms with Crippen LogP contribution in [0.25, 0.3) is 0 Å². The van der Waals surface area contributed by atoms with Crippen LogP contribution in [0, 0.1) is 5.92 Å². The molecule has 1 heterocycles. The van der Waals surface area contributed by atoms with Gasteiger partial charge in [-0.05, 0) is 48.9 Å². The molecule has 9 N–H and O–H groups in total. The van der Waals surface area contributed by atoms with Gasteiger partial charge in [0.1, 0.15) is 36.0 Å². The second-order valence-electron chi connectivity index (χ2n) is 12.0. The monoisotopic (exact) mass is 651 g/mol. The molecule has 1 aliphatic rings. The summed E-state index contributed by atoms with van der Waals surface area (Å²) in [6, 6.07) is 9.94. The third-order valence-corrected chi connectivity index (χ3v) is 7.97. The fraction of sp³-hybridized carbons (Fsp3) is 0.455. The number of hydrogen-bond acceptors (Lipinski definition) is 8. The molecule has 1 saturated heterocycles. The van der Waals surface area contributed by atoms with Crippen molar-refractivity contribution in [3.8, 4) is 5.75 Å². The van der Waals surface area contributed by atoms with Gasteiger partial charge < -0.3 is 42.7 Å². The van der Waals surface area contributed by atoms with Gasteiger partial charge in [0.15, 0.2) is 0 Å². The van der Waals surface area contributed by atoms with E-state index in [-0.39, 0.29) is 37.6 Å². The Kier molecular flexibility index (Phi) is 13.3. The zero-order chi connectivity index (χ0) is 34.7. The summed E-state index contributed by atoms with van der Waals surface area (Å²) in [7, 11) is 0. The predicted octanol–water partition coefficient (Wildman–Crippen LogP) is -0.772. The Bertz CT molecular complexity index is 1420. The van der Waals surface area contributed by atoms with Gasteiger partial charge in [0.05, 0.1) is 6.54 Å². The predicted molar refractivity (Wildman–Crippen MR) is 173 cm³/mol. The Morgan fingerprint density at radius 3 is 1.98 bits per heavy atom.